The fourth-order valence-corrected chi connectivity index (χ4v) is 3.41. The first-order chi connectivity index (χ1) is 11.5. The maximum atomic E-state index is 12.2. The zero-order chi connectivity index (χ0) is 17.1. The number of aromatic nitrogens is 2. The highest BCUT2D eigenvalue weighted by Crippen LogP contribution is 2.26. The minimum absolute atomic E-state index is 0.0376. The molecule has 1 aliphatic heterocycles. The number of nitrogens with one attached hydrogen (secondary N) is 1. The van der Waals surface area contributed by atoms with Crippen LogP contribution < -0.4 is 5.32 Å². The van der Waals surface area contributed by atoms with Crippen LogP contribution in [0.2, 0.25) is 5.02 Å². The molecule has 1 aromatic heterocycles. The Balaban J connectivity index is 1.53. The number of hydrogen-bond donors (Lipinski definition) is 1. The summed E-state index contributed by atoms with van der Waals surface area (Å²) in [6.45, 7) is 4.14. The van der Waals surface area contributed by atoms with Gasteiger partial charge in [-0.25, -0.2) is 0 Å². The van der Waals surface area contributed by atoms with Crippen LogP contribution in [0.4, 0.5) is 0 Å². The van der Waals surface area contributed by atoms with Crippen LogP contribution in [0.25, 0.3) is 0 Å². The predicted octanol–water partition coefficient (Wildman–Crippen LogP) is 3.03. The van der Waals surface area contributed by atoms with Gasteiger partial charge in [-0.15, -0.1) is 0 Å². The summed E-state index contributed by atoms with van der Waals surface area (Å²) >= 11 is 6.10. The molecule has 2 aromatic rings. The lowest BCUT2D eigenvalue weighted by atomic mass is 10.00. The highest BCUT2D eigenvalue weighted by molar-refractivity contribution is 6.30. The highest BCUT2D eigenvalue weighted by atomic mass is 35.5. The molecule has 1 aliphatic rings. The Morgan fingerprint density at radius 2 is 2.12 bits per heavy atom. The molecule has 0 bridgehead atoms. The molecule has 128 valence electrons. The van der Waals surface area contributed by atoms with Crippen molar-refractivity contribution in [3.05, 3.63) is 52.8 Å². The maximum absolute atomic E-state index is 12.2. The van der Waals surface area contributed by atoms with Gasteiger partial charge >= 0.3 is 0 Å². The molecule has 0 spiro atoms. The number of likely N-dealkylation sites (tertiary alicyclic amines) is 1. The number of halogens is 1. The van der Waals surface area contributed by atoms with E-state index >= 15 is 0 Å². The third-order valence-electron chi connectivity index (χ3n) is 4.71. The maximum Gasteiger partial charge on any atom is 0.254 e. The Kier molecular flexibility index (Phi) is 5.21. The first-order valence-electron chi connectivity index (χ1n) is 8.32. The van der Waals surface area contributed by atoms with Crippen LogP contribution in [0.15, 0.2) is 36.7 Å². The highest BCUT2D eigenvalue weighted by Gasteiger charge is 2.25. The number of carbonyl (C=O) groups is 1. The molecule has 6 heteroatoms. The fraction of sp³-hybridized carbons (Fsp3) is 0.444. The molecule has 0 radical (unpaired) electrons. The molecule has 5 nitrogen and oxygen atoms in total. The number of carbonyl (C=O) groups excluding carboxylic acids is 1. The number of aryl methyl sites for hydroxylation is 1. The van der Waals surface area contributed by atoms with E-state index in [0.29, 0.717) is 11.6 Å². The van der Waals surface area contributed by atoms with Crippen LogP contribution in [0, 0.1) is 0 Å². The average Bonchev–Trinajstić information content (AvgIpc) is 3.01. The van der Waals surface area contributed by atoms with E-state index in [1.54, 1.807) is 17.1 Å². The zero-order valence-electron chi connectivity index (χ0n) is 14.1. The predicted molar refractivity (Wildman–Crippen MR) is 95.1 cm³/mol. The molecular weight excluding hydrogens is 324 g/mol. The lowest BCUT2D eigenvalue weighted by molar-refractivity contribution is 0.0896. The Bertz CT molecular complexity index is 707. The van der Waals surface area contributed by atoms with E-state index in [0.717, 1.165) is 31.0 Å². The van der Waals surface area contributed by atoms with E-state index in [1.807, 2.05) is 25.2 Å². The third kappa shape index (κ3) is 3.97. The summed E-state index contributed by atoms with van der Waals surface area (Å²) in [4.78, 5) is 14.7. The van der Waals surface area contributed by atoms with Crippen molar-refractivity contribution < 1.29 is 4.79 Å². The molecule has 0 saturated carbocycles. The number of benzene rings is 1. The Hall–Kier alpha value is -1.85. The minimum atomic E-state index is -0.0376. The average molecular weight is 347 g/mol. The molecule has 0 aliphatic carbocycles. The molecule has 1 fully saturated rings. The van der Waals surface area contributed by atoms with Gasteiger partial charge in [0.2, 0.25) is 0 Å². The van der Waals surface area contributed by atoms with E-state index in [1.165, 1.54) is 5.56 Å². The van der Waals surface area contributed by atoms with Gasteiger partial charge < -0.3 is 5.32 Å². The Morgan fingerprint density at radius 1 is 1.38 bits per heavy atom. The van der Waals surface area contributed by atoms with Crippen molar-refractivity contribution in [3.63, 3.8) is 0 Å². The van der Waals surface area contributed by atoms with Crippen LogP contribution in [-0.4, -0.2) is 39.7 Å². The van der Waals surface area contributed by atoms with E-state index < -0.39 is 0 Å². The van der Waals surface area contributed by atoms with Crippen molar-refractivity contribution in [2.45, 2.75) is 31.8 Å². The van der Waals surface area contributed by atoms with E-state index in [-0.39, 0.29) is 11.9 Å². The zero-order valence-corrected chi connectivity index (χ0v) is 14.8. The molecule has 1 atom stereocenters. The quantitative estimate of drug-likeness (QED) is 0.925. The van der Waals surface area contributed by atoms with E-state index in [2.05, 4.69) is 28.3 Å². The normalized spacial score (nSPS) is 17.6. The second-order valence-electron chi connectivity index (χ2n) is 6.42. The van der Waals surface area contributed by atoms with Crippen molar-refractivity contribution in [1.29, 1.82) is 0 Å². The van der Waals surface area contributed by atoms with Gasteiger partial charge in [0.25, 0.3) is 5.91 Å². The second kappa shape index (κ2) is 7.36. The second-order valence-corrected chi connectivity index (χ2v) is 6.85. The van der Waals surface area contributed by atoms with E-state index in [4.69, 9.17) is 11.6 Å². The molecule has 24 heavy (non-hydrogen) atoms. The minimum Gasteiger partial charge on any atom is -0.349 e. The standard InChI is InChI=1S/C18H23ClN4O/c1-13(14-4-3-5-16(19)10-14)23-8-6-17(7-9-23)21-18(24)15-11-20-22(2)12-15/h3-5,10-13,17H,6-9H2,1-2H3,(H,21,24)/t13-/m1/s1. The van der Waals surface area contributed by atoms with Gasteiger partial charge in [-0.3, -0.25) is 14.4 Å². The van der Waals surface area contributed by atoms with Gasteiger partial charge in [0.15, 0.2) is 0 Å². The molecule has 1 N–H and O–H groups in total. The van der Waals surface area contributed by atoms with Crippen LogP contribution >= 0.6 is 11.6 Å². The molecule has 1 amide bonds. The van der Waals surface area contributed by atoms with Crippen LogP contribution in [-0.2, 0) is 7.05 Å². The SMILES string of the molecule is C[C@H](c1cccc(Cl)c1)N1CCC(NC(=O)c2cnn(C)c2)CC1. The molecule has 0 unspecified atom stereocenters. The van der Waals surface area contributed by atoms with Crippen molar-refractivity contribution in [2.75, 3.05) is 13.1 Å². The smallest absolute Gasteiger partial charge is 0.254 e. The molecule has 1 aromatic carbocycles. The van der Waals surface area contributed by atoms with Gasteiger partial charge in [0.1, 0.15) is 0 Å². The largest absolute Gasteiger partial charge is 0.349 e. The Morgan fingerprint density at radius 3 is 2.75 bits per heavy atom. The number of piperidine rings is 1. The topological polar surface area (TPSA) is 50.2 Å². The van der Waals surface area contributed by atoms with Crippen LogP contribution in [0.1, 0.15) is 41.7 Å². The fourth-order valence-electron chi connectivity index (χ4n) is 3.22. The van der Waals surface area contributed by atoms with Crippen molar-refractivity contribution in [3.8, 4) is 0 Å². The monoisotopic (exact) mass is 346 g/mol. The summed E-state index contributed by atoms with van der Waals surface area (Å²) in [6.07, 6.45) is 5.26. The summed E-state index contributed by atoms with van der Waals surface area (Å²) in [5.74, 6) is -0.0376. The lowest BCUT2D eigenvalue weighted by Gasteiger charge is -2.36. The summed E-state index contributed by atoms with van der Waals surface area (Å²) in [5, 5.41) is 7.94. The van der Waals surface area contributed by atoms with E-state index in [9.17, 15) is 4.79 Å². The summed E-state index contributed by atoms with van der Waals surface area (Å²) in [6, 6.07) is 8.60. The van der Waals surface area contributed by atoms with Gasteiger partial charge in [-0.1, -0.05) is 23.7 Å². The lowest BCUT2D eigenvalue weighted by Crippen LogP contribution is -2.45. The molecule has 1 saturated heterocycles. The number of hydrogen-bond acceptors (Lipinski definition) is 3. The van der Waals surface area contributed by atoms with Gasteiger partial charge in [0.05, 0.1) is 11.8 Å². The third-order valence-corrected chi connectivity index (χ3v) is 4.95. The number of rotatable bonds is 4. The van der Waals surface area contributed by atoms with Crippen LogP contribution in [0.3, 0.4) is 0 Å². The van der Waals surface area contributed by atoms with Gasteiger partial charge in [-0.05, 0) is 37.5 Å². The van der Waals surface area contributed by atoms with Gasteiger partial charge in [0, 0.05) is 43.4 Å². The van der Waals surface area contributed by atoms with Gasteiger partial charge in [-0.2, -0.15) is 5.10 Å². The first kappa shape index (κ1) is 17.0. The Labute approximate surface area is 147 Å². The molecule has 3 rings (SSSR count). The summed E-state index contributed by atoms with van der Waals surface area (Å²) in [5.41, 5.74) is 1.85. The van der Waals surface area contributed by atoms with Crippen molar-refractivity contribution in [2.24, 2.45) is 7.05 Å². The van der Waals surface area contributed by atoms with Crippen LogP contribution in [0.5, 0.6) is 0 Å². The summed E-state index contributed by atoms with van der Waals surface area (Å²) < 4.78 is 1.64. The number of nitrogens with zero attached hydrogens (tertiary/aromatic N) is 3. The molecular formula is C18H23ClN4O. The first-order valence-corrected chi connectivity index (χ1v) is 8.70. The van der Waals surface area contributed by atoms with Crippen molar-refractivity contribution in [1.82, 2.24) is 20.0 Å². The molecule has 2 heterocycles. The number of amides is 1. The summed E-state index contributed by atoms with van der Waals surface area (Å²) in [7, 11) is 1.81. The van der Waals surface area contributed by atoms with Crippen molar-refractivity contribution >= 4 is 17.5 Å².